The standard InChI is InChI=1S/C20H31N7OS2/c1-4-21-19(29)26-24-14(3)18(25-27-20(30)22-5-2)12-15-6-7-17(23-13-15)16-8-10-28-11-9-16/h6-7,13,16H,4-5,8-12H2,1-3H3,(H2,21,26,29)(H2,22,27,30)/b24-14+,25-18+. The summed E-state index contributed by atoms with van der Waals surface area (Å²) in [6.45, 7) is 8.83. The van der Waals surface area contributed by atoms with Gasteiger partial charge in [0, 0.05) is 50.5 Å². The predicted octanol–water partition coefficient (Wildman–Crippen LogP) is 3.04. The lowest BCUT2D eigenvalue weighted by atomic mass is 9.95. The van der Waals surface area contributed by atoms with Crippen LogP contribution < -0.4 is 10.6 Å². The van der Waals surface area contributed by atoms with Crippen LogP contribution in [0.5, 0.6) is 0 Å². The molecule has 0 aliphatic carbocycles. The topological polar surface area (TPSA) is 95.6 Å². The molecule has 164 valence electrons. The molecule has 8 nitrogen and oxygen atoms in total. The zero-order valence-electron chi connectivity index (χ0n) is 17.8. The molecule has 1 aliphatic heterocycles. The number of amidine groups is 2. The van der Waals surface area contributed by atoms with E-state index in [2.05, 4.69) is 73.4 Å². The summed E-state index contributed by atoms with van der Waals surface area (Å²) in [5.74, 6) is 0.468. The van der Waals surface area contributed by atoms with Crippen LogP contribution in [-0.4, -0.2) is 53.0 Å². The van der Waals surface area contributed by atoms with Crippen molar-refractivity contribution in [3.05, 3.63) is 29.6 Å². The molecule has 2 rings (SSSR count). The molecule has 1 fully saturated rings. The molecule has 1 aromatic rings. The molecule has 1 saturated heterocycles. The average Bonchev–Trinajstić information content (AvgIpc) is 2.76. The summed E-state index contributed by atoms with van der Waals surface area (Å²) in [5.41, 5.74) is 3.47. The van der Waals surface area contributed by atoms with Gasteiger partial charge in [0.15, 0.2) is 10.3 Å². The number of aromatic nitrogens is 1. The fourth-order valence-electron chi connectivity index (χ4n) is 2.88. The lowest BCUT2D eigenvalue weighted by molar-refractivity contribution is 0.0845. The van der Waals surface area contributed by atoms with E-state index >= 15 is 0 Å². The van der Waals surface area contributed by atoms with Crippen LogP contribution in [0.2, 0.25) is 0 Å². The van der Waals surface area contributed by atoms with E-state index in [1.807, 2.05) is 27.0 Å². The van der Waals surface area contributed by atoms with Gasteiger partial charge in [-0.3, -0.25) is 4.98 Å². The van der Waals surface area contributed by atoms with Crippen LogP contribution in [0, 0.1) is 0 Å². The first-order chi connectivity index (χ1) is 14.5. The maximum Gasteiger partial charge on any atom is 0.180 e. The third-order valence-corrected chi connectivity index (χ3v) is 5.00. The molecule has 0 aromatic carbocycles. The number of hydrogen-bond donors (Lipinski definition) is 4. The summed E-state index contributed by atoms with van der Waals surface area (Å²) in [4.78, 5) is 4.67. The Hall–Kier alpha value is -1.91. The summed E-state index contributed by atoms with van der Waals surface area (Å²) >= 11 is 8.53. The summed E-state index contributed by atoms with van der Waals surface area (Å²) < 4.78 is 5.44. The van der Waals surface area contributed by atoms with Crippen LogP contribution in [0.15, 0.2) is 38.7 Å². The fourth-order valence-corrected chi connectivity index (χ4v) is 3.28. The molecule has 0 saturated carbocycles. The minimum Gasteiger partial charge on any atom is -0.381 e. The van der Waals surface area contributed by atoms with E-state index in [0.717, 1.165) is 43.9 Å². The van der Waals surface area contributed by atoms with Crippen molar-refractivity contribution >= 4 is 47.0 Å². The van der Waals surface area contributed by atoms with Crippen LogP contribution >= 0.6 is 25.3 Å². The Morgan fingerprint density at radius 3 is 2.23 bits per heavy atom. The summed E-state index contributed by atoms with van der Waals surface area (Å²) in [6, 6.07) is 4.18. The third-order valence-electron chi connectivity index (χ3n) is 4.51. The summed E-state index contributed by atoms with van der Waals surface area (Å²) in [7, 11) is 0. The Morgan fingerprint density at radius 2 is 1.67 bits per heavy atom. The minimum absolute atomic E-state index is 0.446. The highest BCUT2D eigenvalue weighted by Gasteiger charge is 2.17. The molecule has 0 atom stereocenters. The van der Waals surface area contributed by atoms with Crippen LogP contribution in [-0.2, 0) is 11.2 Å². The van der Waals surface area contributed by atoms with Gasteiger partial charge in [0.05, 0.1) is 11.4 Å². The van der Waals surface area contributed by atoms with Crippen molar-refractivity contribution in [2.45, 2.75) is 46.0 Å². The molecule has 1 aromatic heterocycles. The number of ether oxygens (including phenoxy) is 1. The Bertz CT molecular complexity index is 785. The Kier molecular flexibility index (Phi) is 10.9. The normalized spacial score (nSPS) is 17.2. The predicted molar refractivity (Wildman–Crippen MR) is 131 cm³/mol. The van der Waals surface area contributed by atoms with Crippen molar-refractivity contribution in [1.82, 2.24) is 15.6 Å². The molecule has 0 bridgehead atoms. The van der Waals surface area contributed by atoms with Gasteiger partial charge in [-0.1, -0.05) is 6.07 Å². The molecule has 0 spiro atoms. The fraction of sp³-hybridized carbons (Fsp3) is 0.550. The number of thiol groups is 2. The van der Waals surface area contributed by atoms with E-state index in [1.165, 1.54) is 0 Å². The quantitative estimate of drug-likeness (QED) is 0.212. The zero-order valence-corrected chi connectivity index (χ0v) is 19.6. The van der Waals surface area contributed by atoms with Crippen molar-refractivity contribution in [3.63, 3.8) is 0 Å². The maximum absolute atomic E-state index is 5.44. The first-order valence-corrected chi connectivity index (χ1v) is 11.1. The van der Waals surface area contributed by atoms with Gasteiger partial charge in [0.25, 0.3) is 0 Å². The van der Waals surface area contributed by atoms with Gasteiger partial charge in [0.1, 0.15) is 0 Å². The smallest absolute Gasteiger partial charge is 0.180 e. The van der Waals surface area contributed by atoms with E-state index in [-0.39, 0.29) is 0 Å². The van der Waals surface area contributed by atoms with Crippen molar-refractivity contribution in [2.75, 3.05) is 26.3 Å². The molecule has 2 heterocycles. The lowest BCUT2D eigenvalue weighted by Gasteiger charge is -2.21. The molecular weight excluding hydrogens is 418 g/mol. The van der Waals surface area contributed by atoms with Crippen molar-refractivity contribution in [1.29, 1.82) is 0 Å². The Labute approximate surface area is 189 Å². The van der Waals surface area contributed by atoms with Gasteiger partial charge in [-0.05, 0) is 45.2 Å². The summed E-state index contributed by atoms with van der Waals surface area (Å²) in [5, 5.41) is 23.7. The summed E-state index contributed by atoms with van der Waals surface area (Å²) in [6.07, 6.45) is 4.47. The lowest BCUT2D eigenvalue weighted by Crippen LogP contribution is -2.19. The average molecular weight is 450 g/mol. The minimum atomic E-state index is 0.446. The molecule has 2 N–H and O–H groups in total. The van der Waals surface area contributed by atoms with Gasteiger partial charge < -0.3 is 15.4 Å². The van der Waals surface area contributed by atoms with Crippen LogP contribution in [0.1, 0.15) is 50.8 Å². The Balaban J connectivity index is 2.19. The number of pyridine rings is 1. The van der Waals surface area contributed by atoms with Gasteiger partial charge in [-0.25, -0.2) is 0 Å². The van der Waals surface area contributed by atoms with Gasteiger partial charge in [-0.2, -0.15) is 10.2 Å². The molecular formula is C20H31N7OS2. The first-order valence-electron chi connectivity index (χ1n) is 10.2. The van der Waals surface area contributed by atoms with E-state index in [9.17, 15) is 0 Å². The highest BCUT2D eigenvalue weighted by Crippen LogP contribution is 2.25. The molecule has 0 radical (unpaired) electrons. The number of nitrogens with zero attached hydrogens (tertiary/aromatic N) is 5. The Morgan fingerprint density at radius 1 is 1.03 bits per heavy atom. The maximum atomic E-state index is 5.44. The van der Waals surface area contributed by atoms with Crippen LogP contribution in [0.25, 0.3) is 0 Å². The monoisotopic (exact) mass is 449 g/mol. The second-order valence-corrected chi connectivity index (χ2v) is 7.64. The van der Waals surface area contributed by atoms with Gasteiger partial charge in [-0.15, -0.1) is 35.5 Å². The molecule has 0 amide bonds. The van der Waals surface area contributed by atoms with E-state index in [0.29, 0.717) is 40.6 Å². The molecule has 0 unspecified atom stereocenters. The molecule has 10 heteroatoms. The van der Waals surface area contributed by atoms with E-state index < -0.39 is 0 Å². The van der Waals surface area contributed by atoms with Gasteiger partial charge in [0.2, 0.25) is 0 Å². The number of nitrogens with one attached hydrogen (secondary N) is 2. The second-order valence-electron chi connectivity index (χ2n) is 6.79. The molecule has 1 aliphatic rings. The van der Waals surface area contributed by atoms with Crippen LogP contribution in [0.3, 0.4) is 0 Å². The van der Waals surface area contributed by atoms with Crippen molar-refractivity contribution in [2.24, 2.45) is 20.4 Å². The first kappa shape index (κ1) is 24.4. The number of hydrogen-bond acceptors (Lipinski definition) is 6. The van der Waals surface area contributed by atoms with Crippen molar-refractivity contribution < 1.29 is 4.74 Å². The van der Waals surface area contributed by atoms with E-state index in [4.69, 9.17) is 4.74 Å². The zero-order chi connectivity index (χ0) is 21.8. The number of rotatable bonds is 8. The highest BCUT2D eigenvalue weighted by molar-refractivity contribution is 7.97. The van der Waals surface area contributed by atoms with Gasteiger partial charge >= 0.3 is 0 Å². The van der Waals surface area contributed by atoms with E-state index in [1.54, 1.807) is 0 Å². The molecule has 30 heavy (non-hydrogen) atoms. The second kappa shape index (κ2) is 13.4. The largest absolute Gasteiger partial charge is 0.381 e. The highest BCUT2D eigenvalue weighted by atomic mass is 32.1. The SMILES string of the molecule is CCN/C(S)=N/N=C(C)/C(Cc1ccc(C2CCOCC2)nc1)=N/N=C(\S)NCC. The van der Waals surface area contributed by atoms with Crippen molar-refractivity contribution in [3.8, 4) is 0 Å². The van der Waals surface area contributed by atoms with Crippen LogP contribution in [0.4, 0.5) is 0 Å². The third kappa shape index (κ3) is 8.45.